The molecule has 2 aliphatic heterocycles. The summed E-state index contributed by atoms with van der Waals surface area (Å²) in [5, 5.41) is 0. The summed E-state index contributed by atoms with van der Waals surface area (Å²) in [5.41, 5.74) is 1.98. The molecule has 0 N–H and O–H groups in total. The molecule has 2 atom stereocenters. The van der Waals surface area contributed by atoms with Crippen LogP contribution >= 0.6 is 0 Å². The summed E-state index contributed by atoms with van der Waals surface area (Å²) in [6.45, 7) is 5.00. The Morgan fingerprint density at radius 1 is 0.854 bits per heavy atom. The average molecular weight is 568 g/mol. The van der Waals surface area contributed by atoms with Gasteiger partial charge in [-0.25, -0.2) is 0 Å². The first-order valence-electron chi connectivity index (χ1n) is 13.9. The van der Waals surface area contributed by atoms with Crippen molar-refractivity contribution >= 4 is 11.6 Å². The van der Waals surface area contributed by atoms with Crippen molar-refractivity contribution in [1.29, 1.82) is 0 Å². The largest absolute Gasteiger partial charge is 0.497 e. The second-order valence-corrected chi connectivity index (χ2v) is 10.8. The van der Waals surface area contributed by atoms with E-state index in [9.17, 15) is 18.0 Å². The van der Waals surface area contributed by atoms with Gasteiger partial charge in [-0.05, 0) is 47.4 Å². The molecule has 9 heteroatoms. The van der Waals surface area contributed by atoms with Crippen molar-refractivity contribution in [2.75, 3.05) is 64.9 Å². The van der Waals surface area contributed by atoms with Gasteiger partial charge in [0.15, 0.2) is 0 Å². The third-order valence-corrected chi connectivity index (χ3v) is 8.23. The maximum absolute atomic E-state index is 13.6. The lowest BCUT2D eigenvalue weighted by Crippen LogP contribution is -2.48. The van der Waals surface area contributed by atoms with Crippen LogP contribution in [0.5, 0.6) is 11.5 Å². The fourth-order valence-electron chi connectivity index (χ4n) is 5.94. The van der Waals surface area contributed by atoms with Gasteiger partial charge in [-0.3, -0.25) is 9.69 Å². The molecule has 0 radical (unpaired) electrons. The number of halogens is 3. The Morgan fingerprint density at radius 3 is 2.24 bits per heavy atom. The number of ether oxygens (including phenoxy) is 2. The van der Waals surface area contributed by atoms with Crippen LogP contribution in [0, 0.1) is 5.92 Å². The van der Waals surface area contributed by atoms with Gasteiger partial charge in [-0.1, -0.05) is 36.4 Å². The number of hydrogen-bond donors (Lipinski definition) is 0. The van der Waals surface area contributed by atoms with E-state index in [0.717, 1.165) is 61.5 Å². The molecule has 6 nitrogen and oxygen atoms in total. The number of likely N-dealkylation sites (tertiary alicyclic amines) is 1. The van der Waals surface area contributed by atoms with Crippen molar-refractivity contribution in [2.45, 2.75) is 18.5 Å². The topological polar surface area (TPSA) is 45.2 Å². The summed E-state index contributed by atoms with van der Waals surface area (Å²) < 4.78 is 51.2. The Bertz CT molecular complexity index is 1320. The summed E-state index contributed by atoms with van der Waals surface area (Å²) in [5.74, 6) is 1.38. The van der Waals surface area contributed by atoms with Gasteiger partial charge in [0.25, 0.3) is 0 Å². The fourth-order valence-corrected chi connectivity index (χ4v) is 5.94. The Labute approximate surface area is 239 Å². The van der Waals surface area contributed by atoms with Gasteiger partial charge >= 0.3 is 6.18 Å². The Hall–Kier alpha value is -3.72. The highest BCUT2D eigenvalue weighted by Gasteiger charge is 2.39. The van der Waals surface area contributed by atoms with Crippen molar-refractivity contribution in [1.82, 2.24) is 9.80 Å². The van der Waals surface area contributed by atoms with E-state index in [1.807, 2.05) is 47.4 Å². The molecule has 41 heavy (non-hydrogen) atoms. The number of benzene rings is 3. The molecule has 3 aromatic carbocycles. The number of alkyl halides is 3. The lowest BCUT2D eigenvalue weighted by atomic mass is 9.87. The highest BCUT2D eigenvalue weighted by molar-refractivity contribution is 5.79. The first kappa shape index (κ1) is 28.8. The molecular formula is C32H36F3N3O3. The minimum Gasteiger partial charge on any atom is -0.497 e. The van der Waals surface area contributed by atoms with Gasteiger partial charge in [0.1, 0.15) is 11.5 Å². The normalized spacial score (nSPS) is 19.8. The van der Waals surface area contributed by atoms with E-state index in [1.165, 1.54) is 12.1 Å². The highest BCUT2D eigenvalue weighted by Crippen LogP contribution is 2.37. The molecule has 2 saturated heterocycles. The molecule has 0 spiro atoms. The van der Waals surface area contributed by atoms with E-state index in [1.54, 1.807) is 20.3 Å². The molecule has 0 bridgehead atoms. The SMILES string of the molecule is COc1ccc(CC(=O)N2C[C@@H](CN3CCN(c4cccc(OC)c4)CC3)[C@@H](c3cccc(C(F)(F)F)c3)C2)cc1. The maximum Gasteiger partial charge on any atom is 0.416 e. The summed E-state index contributed by atoms with van der Waals surface area (Å²) in [4.78, 5) is 19.9. The maximum atomic E-state index is 13.6. The number of carbonyl (C=O) groups excluding carboxylic acids is 1. The minimum absolute atomic E-state index is 0.0162. The smallest absolute Gasteiger partial charge is 0.416 e. The third kappa shape index (κ3) is 6.96. The monoisotopic (exact) mass is 567 g/mol. The zero-order valence-corrected chi connectivity index (χ0v) is 23.4. The Kier molecular flexibility index (Phi) is 8.73. The van der Waals surface area contributed by atoms with Crippen LogP contribution in [0.25, 0.3) is 0 Å². The fraction of sp³-hybridized carbons (Fsp3) is 0.406. The van der Waals surface area contributed by atoms with Gasteiger partial charge in [-0.15, -0.1) is 0 Å². The molecule has 2 fully saturated rings. The summed E-state index contributed by atoms with van der Waals surface area (Å²) in [6, 6.07) is 21.0. The first-order chi connectivity index (χ1) is 19.7. The molecule has 0 aromatic heterocycles. The minimum atomic E-state index is -4.41. The first-order valence-corrected chi connectivity index (χ1v) is 13.9. The summed E-state index contributed by atoms with van der Waals surface area (Å²) in [7, 11) is 3.25. The van der Waals surface area contributed by atoms with Crippen molar-refractivity contribution in [3.05, 3.63) is 89.5 Å². The lowest BCUT2D eigenvalue weighted by molar-refractivity contribution is -0.137. The van der Waals surface area contributed by atoms with Crippen LogP contribution in [0.3, 0.4) is 0 Å². The molecule has 2 aliphatic rings. The van der Waals surface area contributed by atoms with E-state index in [-0.39, 0.29) is 24.2 Å². The van der Waals surface area contributed by atoms with Crippen LogP contribution in [0.1, 0.15) is 22.6 Å². The predicted octanol–water partition coefficient (Wildman–Crippen LogP) is 5.33. The van der Waals surface area contributed by atoms with Crippen molar-refractivity contribution in [3.8, 4) is 11.5 Å². The number of carbonyl (C=O) groups is 1. The van der Waals surface area contributed by atoms with Crippen molar-refractivity contribution < 1.29 is 27.4 Å². The molecule has 3 aromatic rings. The highest BCUT2D eigenvalue weighted by atomic mass is 19.4. The van der Waals surface area contributed by atoms with E-state index < -0.39 is 11.7 Å². The van der Waals surface area contributed by atoms with Gasteiger partial charge in [0, 0.05) is 63.5 Å². The second kappa shape index (κ2) is 12.4. The number of methoxy groups -OCH3 is 2. The Morgan fingerprint density at radius 2 is 1.56 bits per heavy atom. The van der Waals surface area contributed by atoms with Crippen molar-refractivity contribution in [3.63, 3.8) is 0 Å². The van der Waals surface area contributed by atoms with Gasteiger partial charge in [0.05, 0.1) is 26.2 Å². The number of nitrogens with zero attached hydrogens (tertiary/aromatic N) is 3. The Balaban J connectivity index is 1.29. The number of piperazine rings is 1. The molecule has 1 amide bonds. The molecule has 0 unspecified atom stereocenters. The van der Waals surface area contributed by atoms with Crippen LogP contribution in [0.2, 0.25) is 0 Å². The van der Waals surface area contributed by atoms with Crippen LogP contribution < -0.4 is 14.4 Å². The molecule has 218 valence electrons. The van der Waals surface area contributed by atoms with Gasteiger partial charge in [0.2, 0.25) is 5.91 Å². The summed E-state index contributed by atoms with van der Waals surface area (Å²) in [6.07, 6.45) is -4.17. The van der Waals surface area contributed by atoms with Crippen LogP contribution in [-0.2, 0) is 17.4 Å². The average Bonchev–Trinajstić information content (AvgIpc) is 3.41. The third-order valence-electron chi connectivity index (χ3n) is 8.23. The van der Waals surface area contributed by atoms with Crippen LogP contribution in [-0.4, -0.2) is 75.7 Å². The number of amides is 1. The standard InChI is InChI=1S/C32H36F3N3O3/c1-40-28-11-9-23(10-12-28)17-31(39)38-21-25(30(22-38)24-5-3-6-26(18-24)32(33,34)35)20-36-13-15-37(16-14-36)27-7-4-8-29(19-27)41-2/h3-12,18-19,25,30H,13-17,20-22H2,1-2H3/t25-,30-/m1/s1. The molecule has 2 heterocycles. The van der Waals surface area contributed by atoms with E-state index in [4.69, 9.17) is 9.47 Å². The quantitative estimate of drug-likeness (QED) is 0.368. The zero-order chi connectivity index (χ0) is 29.0. The molecule has 0 aliphatic carbocycles. The summed E-state index contributed by atoms with van der Waals surface area (Å²) >= 11 is 0. The number of hydrogen-bond acceptors (Lipinski definition) is 5. The van der Waals surface area contributed by atoms with Crippen molar-refractivity contribution in [2.24, 2.45) is 5.92 Å². The van der Waals surface area contributed by atoms with E-state index in [2.05, 4.69) is 15.9 Å². The van der Waals surface area contributed by atoms with Crippen LogP contribution in [0.4, 0.5) is 18.9 Å². The number of anilines is 1. The predicted molar refractivity (Wildman–Crippen MR) is 153 cm³/mol. The molecular weight excluding hydrogens is 531 g/mol. The van der Waals surface area contributed by atoms with E-state index in [0.29, 0.717) is 18.7 Å². The lowest BCUT2D eigenvalue weighted by Gasteiger charge is -2.38. The molecule has 0 saturated carbocycles. The van der Waals surface area contributed by atoms with Gasteiger partial charge in [-0.2, -0.15) is 13.2 Å². The van der Waals surface area contributed by atoms with Gasteiger partial charge < -0.3 is 19.3 Å². The van der Waals surface area contributed by atoms with E-state index >= 15 is 0 Å². The second-order valence-electron chi connectivity index (χ2n) is 10.8. The van der Waals surface area contributed by atoms with Crippen LogP contribution in [0.15, 0.2) is 72.8 Å². The molecule has 5 rings (SSSR count). The zero-order valence-electron chi connectivity index (χ0n) is 23.4. The number of rotatable bonds is 8.